The zero-order chi connectivity index (χ0) is 17.1. The van der Waals surface area contributed by atoms with Gasteiger partial charge >= 0.3 is 5.97 Å². The molecule has 0 radical (unpaired) electrons. The minimum atomic E-state index is -0.636. The van der Waals surface area contributed by atoms with Crippen LogP contribution in [0.1, 0.15) is 46.4 Å². The first-order valence-corrected chi connectivity index (χ1v) is 7.30. The fourth-order valence-electron chi connectivity index (χ4n) is 1.98. The van der Waals surface area contributed by atoms with Crippen molar-refractivity contribution in [3.8, 4) is 0 Å². The standard InChI is InChI=1S/C15H20N4O4/c1-23-15(22)12-7-6-11(10-13(12)18-19-16)14(21)17-8-4-2-3-5-9-20/h6-7,10,20H,2-5,8-9H2,1H3,(H,17,21). The SMILES string of the molecule is COC(=O)c1ccc(C(=O)NCCCCCCO)cc1N=[N+]=[N-]. The Bertz CT molecular complexity index is 597. The van der Waals surface area contributed by atoms with Gasteiger partial charge in [0.05, 0.1) is 18.4 Å². The molecule has 0 aliphatic rings. The number of nitrogens with one attached hydrogen (secondary N) is 1. The molecule has 0 aromatic heterocycles. The van der Waals surface area contributed by atoms with Crippen LogP contribution < -0.4 is 5.32 Å². The molecule has 0 unspecified atom stereocenters. The lowest BCUT2D eigenvalue weighted by molar-refractivity contribution is 0.0601. The third-order valence-corrected chi connectivity index (χ3v) is 3.19. The van der Waals surface area contributed by atoms with E-state index >= 15 is 0 Å². The Hall–Kier alpha value is -2.57. The van der Waals surface area contributed by atoms with E-state index < -0.39 is 5.97 Å². The summed E-state index contributed by atoms with van der Waals surface area (Å²) < 4.78 is 4.59. The molecule has 2 N–H and O–H groups in total. The highest BCUT2D eigenvalue weighted by molar-refractivity contribution is 5.99. The van der Waals surface area contributed by atoms with Gasteiger partial charge in [0.15, 0.2) is 0 Å². The zero-order valence-electron chi connectivity index (χ0n) is 13.0. The van der Waals surface area contributed by atoms with Crippen LogP contribution in [0, 0.1) is 0 Å². The second-order valence-electron chi connectivity index (χ2n) is 4.81. The summed E-state index contributed by atoms with van der Waals surface area (Å²) in [5.74, 6) is -0.943. The lowest BCUT2D eigenvalue weighted by Crippen LogP contribution is -2.24. The van der Waals surface area contributed by atoms with Crippen molar-refractivity contribution in [2.45, 2.75) is 25.7 Å². The van der Waals surface area contributed by atoms with Crippen molar-refractivity contribution in [2.75, 3.05) is 20.3 Å². The smallest absolute Gasteiger partial charge is 0.338 e. The number of azide groups is 1. The van der Waals surface area contributed by atoms with Crippen LogP contribution in [0.25, 0.3) is 10.4 Å². The van der Waals surface area contributed by atoms with Gasteiger partial charge in [-0.05, 0) is 36.6 Å². The van der Waals surface area contributed by atoms with Crippen LogP contribution in [0.15, 0.2) is 23.3 Å². The highest BCUT2D eigenvalue weighted by Crippen LogP contribution is 2.22. The summed E-state index contributed by atoms with van der Waals surface area (Å²) >= 11 is 0. The summed E-state index contributed by atoms with van der Waals surface area (Å²) in [7, 11) is 1.22. The highest BCUT2D eigenvalue weighted by atomic mass is 16.5. The van der Waals surface area contributed by atoms with Gasteiger partial charge in [-0.3, -0.25) is 4.79 Å². The number of aliphatic hydroxyl groups is 1. The first kappa shape index (κ1) is 18.5. The summed E-state index contributed by atoms with van der Waals surface area (Å²) in [5, 5.41) is 14.9. The van der Waals surface area contributed by atoms with Gasteiger partial charge in [0.25, 0.3) is 5.91 Å². The molecule has 0 aliphatic carbocycles. The van der Waals surface area contributed by atoms with Gasteiger partial charge in [-0.2, -0.15) is 0 Å². The number of carbonyl (C=O) groups is 2. The minimum absolute atomic E-state index is 0.0509. The summed E-state index contributed by atoms with van der Waals surface area (Å²) in [6.45, 7) is 0.695. The number of hydrogen-bond acceptors (Lipinski definition) is 5. The number of ether oxygens (including phenoxy) is 1. The molecule has 0 spiro atoms. The van der Waals surface area contributed by atoms with Crippen LogP contribution in [0.3, 0.4) is 0 Å². The largest absolute Gasteiger partial charge is 0.465 e. The maximum absolute atomic E-state index is 12.0. The van der Waals surface area contributed by atoms with E-state index in [4.69, 9.17) is 10.6 Å². The Kier molecular flexibility index (Phi) is 8.20. The topological polar surface area (TPSA) is 124 Å². The third kappa shape index (κ3) is 5.98. The first-order valence-electron chi connectivity index (χ1n) is 7.30. The number of carbonyl (C=O) groups excluding carboxylic acids is 2. The van der Waals surface area contributed by atoms with Gasteiger partial charge < -0.3 is 15.2 Å². The van der Waals surface area contributed by atoms with Crippen molar-refractivity contribution in [3.63, 3.8) is 0 Å². The normalized spacial score (nSPS) is 9.83. The maximum Gasteiger partial charge on any atom is 0.338 e. The van der Waals surface area contributed by atoms with Crippen molar-refractivity contribution in [3.05, 3.63) is 39.8 Å². The van der Waals surface area contributed by atoms with Gasteiger partial charge in [-0.1, -0.05) is 18.0 Å². The lowest BCUT2D eigenvalue weighted by atomic mass is 10.1. The number of esters is 1. The summed E-state index contributed by atoms with van der Waals surface area (Å²) in [6, 6.07) is 4.23. The molecular formula is C15H20N4O4. The van der Waals surface area contributed by atoms with Crippen LogP contribution in [0.5, 0.6) is 0 Å². The molecule has 0 saturated carbocycles. The molecule has 0 bridgehead atoms. The molecule has 23 heavy (non-hydrogen) atoms. The molecule has 8 nitrogen and oxygen atoms in total. The number of rotatable bonds is 9. The quantitative estimate of drug-likeness (QED) is 0.238. The van der Waals surface area contributed by atoms with E-state index in [2.05, 4.69) is 20.1 Å². The van der Waals surface area contributed by atoms with Crippen molar-refractivity contribution in [1.29, 1.82) is 0 Å². The van der Waals surface area contributed by atoms with Crippen molar-refractivity contribution in [1.82, 2.24) is 5.32 Å². The molecular weight excluding hydrogens is 300 g/mol. The Morgan fingerprint density at radius 1 is 1.30 bits per heavy atom. The molecule has 1 amide bonds. The van der Waals surface area contributed by atoms with Crippen LogP contribution in [-0.2, 0) is 4.74 Å². The molecule has 124 valence electrons. The van der Waals surface area contributed by atoms with E-state index in [1.165, 1.54) is 25.3 Å². The van der Waals surface area contributed by atoms with Crippen LogP contribution >= 0.6 is 0 Å². The number of hydrogen-bond donors (Lipinski definition) is 2. The highest BCUT2D eigenvalue weighted by Gasteiger charge is 2.14. The van der Waals surface area contributed by atoms with Gasteiger partial charge in [-0.25, -0.2) is 4.79 Å². The van der Waals surface area contributed by atoms with Crippen LogP contribution in [0.4, 0.5) is 5.69 Å². The van der Waals surface area contributed by atoms with Crippen molar-refractivity contribution < 1.29 is 19.4 Å². The van der Waals surface area contributed by atoms with Crippen LogP contribution in [0.2, 0.25) is 0 Å². The average molecular weight is 320 g/mol. The van der Waals surface area contributed by atoms with Gasteiger partial charge in [-0.15, -0.1) is 0 Å². The zero-order valence-corrected chi connectivity index (χ0v) is 13.0. The number of amides is 1. The second kappa shape index (κ2) is 10.2. The van der Waals surface area contributed by atoms with E-state index in [1.54, 1.807) is 0 Å². The van der Waals surface area contributed by atoms with E-state index in [0.717, 1.165) is 25.7 Å². The number of methoxy groups -OCH3 is 1. The van der Waals surface area contributed by atoms with Gasteiger partial charge in [0.1, 0.15) is 0 Å². The molecule has 8 heteroatoms. The molecule has 0 saturated heterocycles. The Morgan fingerprint density at radius 2 is 2.04 bits per heavy atom. The van der Waals surface area contributed by atoms with E-state index in [1.807, 2.05) is 0 Å². The fraction of sp³-hybridized carbons (Fsp3) is 0.467. The van der Waals surface area contributed by atoms with Crippen LogP contribution in [-0.4, -0.2) is 37.2 Å². The number of benzene rings is 1. The molecule has 0 fully saturated rings. The third-order valence-electron chi connectivity index (χ3n) is 3.19. The van der Waals surface area contributed by atoms with E-state index in [-0.39, 0.29) is 23.8 Å². The van der Waals surface area contributed by atoms with E-state index in [0.29, 0.717) is 12.1 Å². The predicted molar refractivity (Wildman–Crippen MR) is 84.5 cm³/mol. The molecule has 1 aromatic carbocycles. The Morgan fingerprint density at radius 3 is 2.70 bits per heavy atom. The molecule has 0 aliphatic heterocycles. The molecule has 1 rings (SSSR count). The first-order chi connectivity index (χ1) is 11.1. The maximum atomic E-state index is 12.0. The Labute approximate surface area is 134 Å². The van der Waals surface area contributed by atoms with Gasteiger partial charge in [0.2, 0.25) is 0 Å². The average Bonchev–Trinajstić information content (AvgIpc) is 2.57. The van der Waals surface area contributed by atoms with Crippen molar-refractivity contribution >= 4 is 17.6 Å². The van der Waals surface area contributed by atoms with E-state index in [9.17, 15) is 9.59 Å². The summed E-state index contributed by atoms with van der Waals surface area (Å²) in [6.07, 6.45) is 3.42. The monoisotopic (exact) mass is 320 g/mol. The molecule has 1 aromatic rings. The molecule has 0 heterocycles. The van der Waals surface area contributed by atoms with Gasteiger partial charge in [0, 0.05) is 23.6 Å². The summed E-state index contributed by atoms with van der Waals surface area (Å²) in [4.78, 5) is 26.3. The second-order valence-corrected chi connectivity index (χ2v) is 4.81. The number of aliphatic hydroxyl groups excluding tert-OH is 1. The summed E-state index contributed by atoms with van der Waals surface area (Å²) in [5.41, 5.74) is 9.02. The number of nitrogens with zero attached hydrogens (tertiary/aromatic N) is 3. The minimum Gasteiger partial charge on any atom is -0.465 e. The fourth-order valence-corrected chi connectivity index (χ4v) is 1.98. The Balaban J connectivity index is 2.69. The van der Waals surface area contributed by atoms with Crippen molar-refractivity contribution in [2.24, 2.45) is 5.11 Å². The predicted octanol–water partition coefficient (Wildman–Crippen LogP) is 2.70. The lowest BCUT2D eigenvalue weighted by Gasteiger charge is -2.08. The number of unbranched alkanes of at least 4 members (excludes halogenated alkanes) is 3. The molecule has 0 atom stereocenters.